The number of benzene rings is 8. The third-order valence-electron chi connectivity index (χ3n) is 17.7. The van der Waals surface area contributed by atoms with E-state index in [2.05, 4.69) is 211 Å². The number of aliphatic imine (C=N–C) groups is 1. The summed E-state index contributed by atoms with van der Waals surface area (Å²) in [6.07, 6.45) is 32.9. The van der Waals surface area contributed by atoms with E-state index in [4.69, 9.17) is 16.4 Å². The highest BCUT2D eigenvalue weighted by molar-refractivity contribution is 9.11. The molecule has 0 unspecified atom stereocenters. The first-order chi connectivity index (χ1) is 41.3. The number of terminal acetylenes is 1. The van der Waals surface area contributed by atoms with Crippen LogP contribution < -0.4 is 0 Å². The molecule has 0 fully saturated rings. The summed E-state index contributed by atoms with van der Waals surface area (Å²) in [5.74, 6) is 2.53. The fraction of sp³-hybridized carbons (Fsp3) is 0.325. The van der Waals surface area contributed by atoms with Crippen molar-refractivity contribution >= 4 is 54.7 Å². The first kappa shape index (κ1) is 61.9. The number of para-hydroxylation sites is 2. The van der Waals surface area contributed by atoms with Gasteiger partial charge in [0.1, 0.15) is 0 Å². The Labute approximate surface area is 521 Å². The zero-order valence-corrected chi connectivity index (χ0v) is 53.6. The van der Waals surface area contributed by atoms with E-state index >= 15 is 0 Å². The Bertz CT molecular complexity index is 3600. The van der Waals surface area contributed by atoms with Crippen molar-refractivity contribution in [1.82, 2.24) is 4.98 Å². The molecule has 0 atom stereocenters. The molecule has 9 aromatic rings. The number of fused-ring (bicyclic) bond motifs is 7. The Morgan fingerprint density at radius 1 is 0.417 bits per heavy atom. The molecule has 430 valence electrons. The standard InChI is InChI=1S/C40H42BrN.C32H38BrN.C8H6/c1-3-5-7-14-25-40(26-15-8-6-4-2)35-21-13-12-19-31(35)32-24-23-30(27-36(32)40)38-28-34(29-17-10-9-11-18-29)33-20-16-22-37(41)39(33)42-38;1-3-5-7-13-21-32(22-14-8-6-4-2)28-16-10-9-15-26(28)27-20-19-25(23-29(27)32)24-34-31-18-12-11-17-30(31)33;1-2-8-6-4-3-5-7-8/h9-13,16-24,27-28H,3-8,14-15,25-26H2,1-2H3;9-12,15-20,23-24H,3-8,13-14,21-22H2,1-2H3;1,3-7H. The van der Waals surface area contributed by atoms with E-state index in [9.17, 15) is 0 Å². The van der Waals surface area contributed by atoms with Gasteiger partial charge in [0.05, 0.1) is 16.9 Å². The second-order valence-corrected chi connectivity index (χ2v) is 25.0. The van der Waals surface area contributed by atoms with Gasteiger partial charge in [0.25, 0.3) is 0 Å². The minimum Gasteiger partial charge on any atom is -0.255 e. The lowest BCUT2D eigenvalue weighted by molar-refractivity contribution is 0.401. The number of rotatable bonds is 24. The van der Waals surface area contributed by atoms with Gasteiger partial charge in [0.2, 0.25) is 0 Å². The van der Waals surface area contributed by atoms with Gasteiger partial charge in [-0.3, -0.25) is 4.99 Å². The lowest BCUT2D eigenvalue weighted by Crippen LogP contribution is -2.25. The monoisotopic (exact) mass is 1230 g/mol. The second kappa shape index (κ2) is 31.0. The predicted molar refractivity (Wildman–Crippen MR) is 370 cm³/mol. The van der Waals surface area contributed by atoms with Crippen LogP contribution in [0.15, 0.2) is 208 Å². The van der Waals surface area contributed by atoms with Gasteiger partial charge in [-0.15, -0.1) is 6.42 Å². The van der Waals surface area contributed by atoms with Gasteiger partial charge in [-0.2, -0.15) is 0 Å². The van der Waals surface area contributed by atoms with Gasteiger partial charge in [-0.25, -0.2) is 4.98 Å². The topological polar surface area (TPSA) is 25.2 Å². The lowest BCUT2D eigenvalue weighted by atomic mass is 9.70. The second-order valence-electron chi connectivity index (χ2n) is 23.3. The molecule has 0 aliphatic heterocycles. The highest BCUT2D eigenvalue weighted by Crippen LogP contribution is 2.56. The Morgan fingerprint density at radius 2 is 0.893 bits per heavy atom. The summed E-state index contributed by atoms with van der Waals surface area (Å²) < 4.78 is 2.06. The molecule has 11 rings (SSSR count). The Morgan fingerprint density at radius 3 is 1.43 bits per heavy atom. The van der Waals surface area contributed by atoms with E-state index in [-0.39, 0.29) is 10.8 Å². The van der Waals surface area contributed by atoms with Crippen LogP contribution in [0.2, 0.25) is 0 Å². The number of hydrogen-bond acceptors (Lipinski definition) is 2. The number of nitrogens with zero attached hydrogens (tertiary/aromatic N) is 2. The summed E-state index contributed by atoms with van der Waals surface area (Å²) in [6, 6.07) is 69.9. The molecule has 1 heterocycles. The van der Waals surface area contributed by atoms with Crippen LogP contribution in [0.25, 0.3) is 55.5 Å². The van der Waals surface area contributed by atoms with Gasteiger partial charge >= 0.3 is 0 Å². The number of hydrogen-bond donors (Lipinski definition) is 0. The first-order valence-corrected chi connectivity index (χ1v) is 33.3. The van der Waals surface area contributed by atoms with Crippen LogP contribution in [0.3, 0.4) is 0 Å². The summed E-state index contributed by atoms with van der Waals surface area (Å²) in [4.78, 5) is 10.1. The minimum absolute atomic E-state index is 0.0725. The lowest BCUT2D eigenvalue weighted by Gasteiger charge is -2.33. The summed E-state index contributed by atoms with van der Waals surface area (Å²) in [7, 11) is 0. The largest absolute Gasteiger partial charge is 0.255 e. The van der Waals surface area contributed by atoms with Gasteiger partial charge in [-0.05, 0) is 167 Å². The van der Waals surface area contributed by atoms with Crippen LogP contribution in [0.5, 0.6) is 0 Å². The molecule has 0 bridgehead atoms. The van der Waals surface area contributed by atoms with Crippen LogP contribution in [0, 0.1) is 12.3 Å². The zero-order valence-electron chi connectivity index (χ0n) is 50.4. The van der Waals surface area contributed by atoms with Crippen molar-refractivity contribution < 1.29 is 0 Å². The minimum atomic E-state index is 0.0725. The molecule has 2 nitrogen and oxygen atoms in total. The average Bonchev–Trinajstić information content (AvgIpc) is 1.89. The SMILES string of the molecule is C#Cc1ccccc1.CCCCCCC1(CCCCCC)c2ccccc2-c2ccc(-c3cc(-c4ccccc4)c4cccc(Br)c4n3)cc21.CCCCCCC1(CCCCCC)c2ccccc2-c2ccc(C=Nc3ccccc3Br)cc21. The molecule has 0 N–H and O–H groups in total. The van der Waals surface area contributed by atoms with Crippen molar-refractivity contribution in [2.45, 2.75) is 167 Å². The first-order valence-electron chi connectivity index (χ1n) is 31.7. The van der Waals surface area contributed by atoms with Crippen LogP contribution in [-0.2, 0) is 10.8 Å². The van der Waals surface area contributed by atoms with E-state index in [1.165, 1.54) is 189 Å². The molecule has 0 saturated heterocycles. The normalized spacial score (nSPS) is 13.0. The molecule has 0 saturated carbocycles. The van der Waals surface area contributed by atoms with E-state index in [1.807, 2.05) is 54.7 Å². The fourth-order valence-electron chi connectivity index (χ4n) is 13.4. The molecule has 0 spiro atoms. The van der Waals surface area contributed by atoms with Crippen molar-refractivity contribution in [2.75, 3.05) is 0 Å². The van der Waals surface area contributed by atoms with Crippen molar-refractivity contribution in [1.29, 1.82) is 0 Å². The van der Waals surface area contributed by atoms with Crippen LogP contribution in [-0.4, -0.2) is 11.2 Å². The molecule has 0 radical (unpaired) electrons. The number of pyridine rings is 1. The average molecular weight is 1240 g/mol. The van der Waals surface area contributed by atoms with Crippen molar-refractivity contribution in [3.63, 3.8) is 0 Å². The van der Waals surface area contributed by atoms with Gasteiger partial charge in [-0.1, -0.05) is 282 Å². The molecule has 0 amide bonds. The summed E-state index contributed by atoms with van der Waals surface area (Å²) in [5, 5.41) is 1.18. The Kier molecular flexibility index (Phi) is 22.8. The zero-order chi connectivity index (χ0) is 58.6. The maximum Gasteiger partial charge on any atom is 0.0857 e. The maximum absolute atomic E-state index is 5.28. The highest BCUT2D eigenvalue weighted by Gasteiger charge is 2.43. The molecule has 2 aliphatic rings. The fourth-order valence-corrected chi connectivity index (χ4v) is 14.2. The highest BCUT2D eigenvalue weighted by atomic mass is 79.9. The smallest absolute Gasteiger partial charge is 0.0857 e. The van der Waals surface area contributed by atoms with Gasteiger partial charge < -0.3 is 0 Å². The van der Waals surface area contributed by atoms with Crippen molar-refractivity contribution in [3.8, 4) is 57.0 Å². The van der Waals surface area contributed by atoms with Crippen LogP contribution in [0.4, 0.5) is 5.69 Å². The molecular weight excluding hydrogens is 1150 g/mol. The molecule has 8 aromatic carbocycles. The quantitative estimate of drug-likeness (QED) is 0.0336. The summed E-state index contributed by atoms with van der Waals surface area (Å²) in [5.41, 5.74) is 20.9. The number of unbranched alkanes of at least 4 members (excludes halogenated alkanes) is 12. The van der Waals surface area contributed by atoms with Crippen molar-refractivity contribution in [2.24, 2.45) is 4.99 Å². The van der Waals surface area contributed by atoms with E-state index < -0.39 is 0 Å². The van der Waals surface area contributed by atoms with Gasteiger partial charge in [0.15, 0.2) is 0 Å². The van der Waals surface area contributed by atoms with Crippen LogP contribution >= 0.6 is 31.9 Å². The number of aromatic nitrogens is 1. The van der Waals surface area contributed by atoms with Crippen LogP contribution in [0.1, 0.15) is 189 Å². The third kappa shape index (κ3) is 14.5. The Hall–Kier alpha value is -6.64. The molecule has 4 heteroatoms. The number of halogens is 2. The predicted octanol–water partition coefficient (Wildman–Crippen LogP) is 24.6. The third-order valence-corrected chi connectivity index (χ3v) is 19.0. The molecule has 1 aromatic heterocycles. The van der Waals surface area contributed by atoms with E-state index in [0.717, 1.165) is 31.4 Å². The Balaban J connectivity index is 0.000000181. The van der Waals surface area contributed by atoms with E-state index in [1.54, 1.807) is 11.1 Å². The molecule has 84 heavy (non-hydrogen) atoms. The van der Waals surface area contributed by atoms with E-state index in [0.29, 0.717) is 0 Å². The summed E-state index contributed by atoms with van der Waals surface area (Å²) >= 11 is 7.44. The molecular formula is C80H86Br2N2. The van der Waals surface area contributed by atoms with Crippen molar-refractivity contribution in [3.05, 3.63) is 236 Å². The van der Waals surface area contributed by atoms with Gasteiger partial charge in [0, 0.05) is 42.5 Å². The summed E-state index contributed by atoms with van der Waals surface area (Å²) in [6.45, 7) is 9.23. The maximum atomic E-state index is 5.28. The molecule has 2 aliphatic carbocycles.